The van der Waals surface area contributed by atoms with Crippen molar-refractivity contribution in [3.8, 4) is 0 Å². The second-order valence-electron chi connectivity index (χ2n) is 6.87. The van der Waals surface area contributed by atoms with Gasteiger partial charge in [-0.2, -0.15) is 0 Å². The van der Waals surface area contributed by atoms with Gasteiger partial charge in [-0.25, -0.2) is 4.98 Å². The topological polar surface area (TPSA) is 74.5 Å². The second kappa shape index (κ2) is 11.0. The molecule has 0 aliphatic rings. The smallest absolute Gasteiger partial charge is 0.191 e. The Balaban J connectivity index is 1.50. The minimum absolute atomic E-state index is 0.0163. The molecule has 0 bridgehead atoms. The molecule has 1 heterocycles. The highest BCUT2D eigenvalue weighted by molar-refractivity contribution is 5.79. The molecule has 0 aliphatic carbocycles. The molecule has 0 saturated carbocycles. The first-order valence-electron chi connectivity index (χ1n) is 9.94. The zero-order valence-corrected chi connectivity index (χ0v) is 16.8. The van der Waals surface area contributed by atoms with Gasteiger partial charge in [-0.05, 0) is 17.5 Å². The van der Waals surface area contributed by atoms with Crippen LogP contribution in [0.25, 0.3) is 0 Å². The maximum atomic E-state index is 9.72. The van der Waals surface area contributed by atoms with Crippen molar-refractivity contribution in [2.75, 3.05) is 20.2 Å². The van der Waals surface area contributed by atoms with Gasteiger partial charge in [0.25, 0.3) is 0 Å². The van der Waals surface area contributed by atoms with Crippen LogP contribution >= 0.6 is 0 Å². The number of aryl methyl sites for hydroxylation is 2. The molecule has 1 atom stereocenters. The first-order valence-corrected chi connectivity index (χ1v) is 9.94. The predicted octanol–water partition coefficient (Wildman–Crippen LogP) is 2.57. The second-order valence-corrected chi connectivity index (χ2v) is 6.87. The number of rotatable bonds is 9. The van der Waals surface area contributed by atoms with E-state index >= 15 is 0 Å². The molecule has 0 saturated heterocycles. The molecule has 1 unspecified atom stereocenters. The first-order chi connectivity index (χ1) is 14.3. The van der Waals surface area contributed by atoms with Crippen molar-refractivity contribution in [1.82, 2.24) is 20.2 Å². The Kier molecular flexibility index (Phi) is 7.83. The Labute approximate surface area is 172 Å². The molecule has 3 aromatic rings. The van der Waals surface area contributed by atoms with Crippen molar-refractivity contribution in [2.24, 2.45) is 4.99 Å². The number of benzene rings is 2. The molecule has 6 nitrogen and oxygen atoms in total. The molecule has 152 valence electrons. The van der Waals surface area contributed by atoms with Gasteiger partial charge in [0.1, 0.15) is 5.82 Å². The minimum atomic E-state index is 0.0163. The fourth-order valence-corrected chi connectivity index (χ4v) is 3.22. The third-order valence-electron chi connectivity index (χ3n) is 4.93. The van der Waals surface area contributed by atoms with Crippen LogP contribution in [0.2, 0.25) is 0 Å². The number of aliphatic hydroxyl groups is 1. The van der Waals surface area contributed by atoms with E-state index in [0.29, 0.717) is 19.0 Å². The van der Waals surface area contributed by atoms with Crippen LogP contribution in [-0.4, -0.2) is 40.8 Å². The largest absolute Gasteiger partial charge is 0.396 e. The number of guanidine groups is 1. The summed E-state index contributed by atoms with van der Waals surface area (Å²) in [5, 5.41) is 16.3. The summed E-state index contributed by atoms with van der Waals surface area (Å²) < 4.78 is 2.16. The third kappa shape index (κ3) is 6.19. The van der Waals surface area contributed by atoms with Gasteiger partial charge in [0, 0.05) is 38.4 Å². The Morgan fingerprint density at radius 3 is 2.48 bits per heavy atom. The summed E-state index contributed by atoms with van der Waals surface area (Å²) in [7, 11) is 1.74. The molecule has 29 heavy (non-hydrogen) atoms. The molecule has 0 fully saturated rings. The van der Waals surface area contributed by atoms with Crippen LogP contribution < -0.4 is 10.6 Å². The van der Waals surface area contributed by atoms with E-state index in [1.54, 1.807) is 7.05 Å². The molecule has 0 amide bonds. The molecule has 0 spiro atoms. The van der Waals surface area contributed by atoms with Crippen molar-refractivity contribution in [2.45, 2.75) is 25.4 Å². The van der Waals surface area contributed by atoms with E-state index in [4.69, 9.17) is 0 Å². The minimum Gasteiger partial charge on any atom is -0.396 e. The molecule has 6 heteroatoms. The number of aromatic nitrogens is 2. The fourth-order valence-electron chi connectivity index (χ4n) is 3.22. The summed E-state index contributed by atoms with van der Waals surface area (Å²) in [6.07, 6.45) is 4.80. The summed E-state index contributed by atoms with van der Waals surface area (Å²) >= 11 is 0. The molecule has 1 aromatic heterocycles. The van der Waals surface area contributed by atoms with Gasteiger partial charge in [-0.3, -0.25) is 4.99 Å². The van der Waals surface area contributed by atoms with Crippen molar-refractivity contribution in [3.63, 3.8) is 0 Å². The van der Waals surface area contributed by atoms with Gasteiger partial charge in [-0.1, -0.05) is 60.7 Å². The van der Waals surface area contributed by atoms with Crippen LogP contribution in [0.15, 0.2) is 78.0 Å². The van der Waals surface area contributed by atoms with E-state index < -0.39 is 0 Å². The van der Waals surface area contributed by atoms with E-state index in [1.807, 2.05) is 48.8 Å². The van der Waals surface area contributed by atoms with Crippen molar-refractivity contribution in [1.29, 1.82) is 0 Å². The van der Waals surface area contributed by atoms with Crippen LogP contribution in [-0.2, 0) is 19.5 Å². The van der Waals surface area contributed by atoms with Gasteiger partial charge in [0.05, 0.1) is 13.2 Å². The molecule has 3 rings (SSSR count). The molecular weight excluding hydrogens is 362 g/mol. The predicted molar refractivity (Wildman–Crippen MR) is 117 cm³/mol. The van der Waals surface area contributed by atoms with Gasteiger partial charge in [-0.15, -0.1) is 0 Å². The van der Waals surface area contributed by atoms with E-state index in [2.05, 4.69) is 49.4 Å². The summed E-state index contributed by atoms with van der Waals surface area (Å²) in [6, 6.07) is 20.5. The standard InChI is InChI=1S/C23H29N5O/c1-24-23(26-16-21(18-29)20-10-6-3-7-11-20)27-17-22-25-13-15-28(22)14-12-19-8-4-2-5-9-19/h2-11,13,15,21,29H,12,14,16-18H2,1H3,(H2,24,26,27). The monoisotopic (exact) mass is 391 g/mol. The SMILES string of the molecule is CN=C(NCc1nccn1CCc1ccccc1)NCC(CO)c1ccccc1. The van der Waals surface area contributed by atoms with E-state index in [-0.39, 0.29) is 12.5 Å². The van der Waals surface area contributed by atoms with Crippen molar-refractivity contribution >= 4 is 5.96 Å². The quantitative estimate of drug-likeness (QED) is 0.387. The van der Waals surface area contributed by atoms with Gasteiger partial charge >= 0.3 is 0 Å². The average molecular weight is 392 g/mol. The Morgan fingerprint density at radius 2 is 1.79 bits per heavy atom. The highest BCUT2D eigenvalue weighted by Gasteiger charge is 2.11. The normalized spacial score (nSPS) is 12.6. The number of hydrogen-bond acceptors (Lipinski definition) is 3. The van der Waals surface area contributed by atoms with Gasteiger partial charge in [0.2, 0.25) is 0 Å². The number of aliphatic hydroxyl groups excluding tert-OH is 1. The Bertz CT molecular complexity index is 877. The van der Waals surface area contributed by atoms with E-state index in [0.717, 1.165) is 24.4 Å². The lowest BCUT2D eigenvalue weighted by atomic mass is 10.0. The molecule has 0 aliphatic heterocycles. The fraction of sp³-hybridized carbons (Fsp3) is 0.304. The highest BCUT2D eigenvalue weighted by Crippen LogP contribution is 2.13. The van der Waals surface area contributed by atoms with Crippen LogP contribution in [0.4, 0.5) is 0 Å². The molecule has 2 aromatic carbocycles. The zero-order valence-electron chi connectivity index (χ0n) is 16.8. The van der Waals surface area contributed by atoms with Crippen molar-refractivity contribution in [3.05, 3.63) is 90.0 Å². The highest BCUT2D eigenvalue weighted by atomic mass is 16.3. The van der Waals surface area contributed by atoms with Crippen LogP contribution in [0.5, 0.6) is 0 Å². The van der Waals surface area contributed by atoms with Gasteiger partial charge in [0.15, 0.2) is 5.96 Å². The third-order valence-corrected chi connectivity index (χ3v) is 4.93. The van der Waals surface area contributed by atoms with Gasteiger partial charge < -0.3 is 20.3 Å². The Hall–Kier alpha value is -3.12. The number of nitrogens with one attached hydrogen (secondary N) is 2. The van der Waals surface area contributed by atoms with Crippen LogP contribution in [0, 0.1) is 0 Å². The molecule has 0 radical (unpaired) electrons. The number of imidazole rings is 1. The Morgan fingerprint density at radius 1 is 1.07 bits per heavy atom. The molecular formula is C23H29N5O. The number of aliphatic imine (C=N–C) groups is 1. The zero-order chi connectivity index (χ0) is 20.3. The maximum absolute atomic E-state index is 9.72. The van der Waals surface area contributed by atoms with Crippen LogP contribution in [0.1, 0.15) is 22.9 Å². The summed E-state index contributed by atoms with van der Waals surface area (Å²) in [5.41, 5.74) is 2.42. The summed E-state index contributed by atoms with van der Waals surface area (Å²) in [6.45, 7) is 2.14. The summed E-state index contributed by atoms with van der Waals surface area (Å²) in [5.74, 6) is 1.67. The van der Waals surface area contributed by atoms with Crippen molar-refractivity contribution < 1.29 is 5.11 Å². The lowest BCUT2D eigenvalue weighted by Gasteiger charge is -2.18. The van der Waals surface area contributed by atoms with E-state index in [9.17, 15) is 5.11 Å². The number of nitrogens with zero attached hydrogens (tertiary/aromatic N) is 3. The van der Waals surface area contributed by atoms with E-state index in [1.165, 1.54) is 5.56 Å². The maximum Gasteiger partial charge on any atom is 0.191 e. The lowest BCUT2D eigenvalue weighted by Crippen LogP contribution is -2.40. The lowest BCUT2D eigenvalue weighted by molar-refractivity contribution is 0.265. The number of hydrogen-bond donors (Lipinski definition) is 3. The summed E-state index contributed by atoms with van der Waals surface area (Å²) in [4.78, 5) is 8.76. The first kappa shape index (κ1) is 20.6. The average Bonchev–Trinajstić information content (AvgIpc) is 3.23. The molecule has 3 N–H and O–H groups in total. The van der Waals surface area contributed by atoms with Crippen LogP contribution in [0.3, 0.4) is 0 Å².